The molecule has 1 rings (SSSR count). The van der Waals surface area contributed by atoms with Crippen LogP contribution in [0.1, 0.15) is 25.0 Å². The number of hydrogen-bond donors (Lipinski definition) is 1. The number of methoxy groups -OCH3 is 1. The van der Waals surface area contributed by atoms with Gasteiger partial charge < -0.3 is 15.0 Å². The van der Waals surface area contributed by atoms with Crippen molar-refractivity contribution in [3.8, 4) is 5.75 Å². The van der Waals surface area contributed by atoms with Crippen molar-refractivity contribution < 1.29 is 4.74 Å². The van der Waals surface area contributed by atoms with Crippen molar-refractivity contribution in [2.24, 2.45) is 0 Å². The predicted octanol–water partition coefficient (Wildman–Crippen LogP) is 2.25. The second-order valence-electron chi connectivity index (χ2n) is 4.92. The van der Waals surface area contributed by atoms with Gasteiger partial charge in [-0.3, -0.25) is 0 Å². The lowest BCUT2D eigenvalue weighted by molar-refractivity contribution is 0.392. The fraction of sp³-hybridized carbons (Fsp3) is 0.571. The summed E-state index contributed by atoms with van der Waals surface area (Å²) in [6.45, 7) is 6.08. The molecule has 0 atom stereocenters. The summed E-state index contributed by atoms with van der Waals surface area (Å²) < 4.78 is 5.44. The van der Waals surface area contributed by atoms with Crippen molar-refractivity contribution in [3.05, 3.63) is 29.3 Å². The van der Waals surface area contributed by atoms with Crippen molar-refractivity contribution in [1.82, 2.24) is 10.2 Å². The quantitative estimate of drug-likeness (QED) is 0.820. The molecule has 0 unspecified atom stereocenters. The van der Waals surface area contributed by atoms with E-state index in [-0.39, 0.29) is 0 Å². The summed E-state index contributed by atoms with van der Waals surface area (Å²) in [5, 5.41) is 3.41. The molecule has 0 aromatic heterocycles. The second kappa shape index (κ2) is 6.62. The van der Waals surface area contributed by atoms with E-state index in [1.54, 1.807) is 7.11 Å². The summed E-state index contributed by atoms with van der Waals surface area (Å²) in [5.74, 6) is 0.970. The van der Waals surface area contributed by atoms with Crippen LogP contribution in [0.2, 0.25) is 0 Å². The third-order valence-electron chi connectivity index (χ3n) is 2.55. The number of nitrogens with one attached hydrogen (secondary N) is 1. The van der Waals surface area contributed by atoms with Gasteiger partial charge in [0.25, 0.3) is 0 Å². The van der Waals surface area contributed by atoms with Crippen LogP contribution in [0, 0.1) is 0 Å². The van der Waals surface area contributed by atoms with Crippen molar-refractivity contribution in [3.63, 3.8) is 0 Å². The second-order valence-corrected chi connectivity index (χ2v) is 4.92. The summed E-state index contributed by atoms with van der Waals surface area (Å²) in [6, 6.07) is 6.92. The Hall–Kier alpha value is -1.06. The van der Waals surface area contributed by atoms with Gasteiger partial charge in [0.05, 0.1) is 7.11 Å². The molecule has 0 radical (unpaired) electrons. The minimum absolute atomic E-state index is 0.487. The number of ether oxygens (including phenoxy) is 1. The Morgan fingerprint density at radius 2 is 2.00 bits per heavy atom. The van der Waals surface area contributed by atoms with E-state index in [4.69, 9.17) is 4.74 Å². The average molecular weight is 236 g/mol. The number of rotatable bonds is 6. The number of nitrogens with zero attached hydrogens (tertiary/aromatic N) is 1. The summed E-state index contributed by atoms with van der Waals surface area (Å²) in [7, 11) is 5.87. The third-order valence-corrected chi connectivity index (χ3v) is 2.55. The maximum absolute atomic E-state index is 5.44. The Labute approximate surface area is 105 Å². The van der Waals surface area contributed by atoms with Crippen LogP contribution in [0.15, 0.2) is 18.2 Å². The Morgan fingerprint density at radius 3 is 2.53 bits per heavy atom. The molecule has 3 nitrogen and oxygen atoms in total. The zero-order chi connectivity index (χ0) is 12.8. The maximum atomic E-state index is 5.44. The molecule has 1 aromatic rings. The summed E-state index contributed by atoms with van der Waals surface area (Å²) in [4.78, 5) is 2.15. The first-order valence-corrected chi connectivity index (χ1v) is 6.07. The molecular formula is C14H24N2O. The molecule has 96 valence electrons. The van der Waals surface area contributed by atoms with Crippen LogP contribution in [0.5, 0.6) is 5.75 Å². The van der Waals surface area contributed by atoms with E-state index in [0.29, 0.717) is 6.04 Å². The first-order valence-electron chi connectivity index (χ1n) is 6.07. The Bertz CT molecular complexity index is 348. The molecule has 1 N–H and O–H groups in total. The van der Waals surface area contributed by atoms with E-state index in [1.807, 2.05) is 0 Å². The Kier molecular flexibility index (Phi) is 5.45. The van der Waals surface area contributed by atoms with E-state index in [9.17, 15) is 0 Å². The smallest absolute Gasteiger partial charge is 0.123 e. The van der Waals surface area contributed by atoms with E-state index in [0.717, 1.165) is 18.8 Å². The van der Waals surface area contributed by atoms with Gasteiger partial charge in [-0.25, -0.2) is 0 Å². The van der Waals surface area contributed by atoms with Gasteiger partial charge in [0.15, 0.2) is 0 Å². The minimum atomic E-state index is 0.487. The van der Waals surface area contributed by atoms with Crippen LogP contribution in [-0.2, 0) is 13.1 Å². The van der Waals surface area contributed by atoms with Gasteiger partial charge >= 0.3 is 0 Å². The molecule has 0 spiro atoms. The number of hydrogen-bond acceptors (Lipinski definition) is 3. The van der Waals surface area contributed by atoms with E-state index in [2.05, 4.69) is 56.4 Å². The summed E-state index contributed by atoms with van der Waals surface area (Å²) in [5.41, 5.74) is 2.49. The van der Waals surface area contributed by atoms with Gasteiger partial charge in [-0.15, -0.1) is 0 Å². The molecule has 0 aliphatic rings. The Balaban J connectivity index is 2.78. The first kappa shape index (κ1) is 14.0. The standard InChI is InChI=1S/C14H24N2O/c1-11(2)15-9-13-7-6-12(10-16(3)4)8-14(13)17-5/h6-8,11,15H,9-10H2,1-5H3. The lowest BCUT2D eigenvalue weighted by Crippen LogP contribution is -2.22. The van der Waals surface area contributed by atoms with Gasteiger partial charge in [-0.1, -0.05) is 26.0 Å². The van der Waals surface area contributed by atoms with Crippen LogP contribution in [-0.4, -0.2) is 32.1 Å². The zero-order valence-corrected chi connectivity index (χ0v) is 11.6. The fourth-order valence-electron chi connectivity index (χ4n) is 1.71. The van der Waals surface area contributed by atoms with Crippen LogP contribution in [0.25, 0.3) is 0 Å². The highest BCUT2D eigenvalue weighted by Crippen LogP contribution is 2.20. The molecule has 0 aliphatic carbocycles. The van der Waals surface area contributed by atoms with Crippen LogP contribution in [0.4, 0.5) is 0 Å². The van der Waals surface area contributed by atoms with E-state index in [1.165, 1.54) is 11.1 Å². The van der Waals surface area contributed by atoms with Crippen molar-refractivity contribution in [2.45, 2.75) is 33.0 Å². The molecule has 0 bridgehead atoms. The molecule has 1 aromatic carbocycles. The molecule has 17 heavy (non-hydrogen) atoms. The normalized spacial score (nSPS) is 11.2. The van der Waals surface area contributed by atoms with Crippen molar-refractivity contribution in [2.75, 3.05) is 21.2 Å². The molecule has 0 saturated heterocycles. The highest BCUT2D eigenvalue weighted by Gasteiger charge is 2.05. The van der Waals surface area contributed by atoms with Gasteiger partial charge in [0.1, 0.15) is 5.75 Å². The minimum Gasteiger partial charge on any atom is -0.496 e. The van der Waals surface area contributed by atoms with Gasteiger partial charge in [-0.2, -0.15) is 0 Å². The fourth-order valence-corrected chi connectivity index (χ4v) is 1.71. The highest BCUT2D eigenvalue weighted by atomic mass is 16.5. The predicted molar refractivity (Wildman–Crippen MR) is 72.4 cm³/mol. The lowest BCUT2D eigenvalue weighted by Gasteiger charge is -2.15. The lowest BCUT2D eigenvalue weighted by atomic mass is 10.1. The van der Waals surface area contributed by atoms with Crippen LogP contribution < -0.4 is 10.1 Å². The highest BCUT2D eigenvalue weighted by molar-refractivity contribution is 5.37. The molecule has 0 heterocycles. The first-order chi connectivity index (χ1) is 8.02. The SMILES string of the molecule is COc1cc(CN(C)C)ccc1CNC(C)C. The van der Waals surface area contributed by atoms with Gasteiger partial charge in [-0.05, 0) is 25.7 Å². The van der Waals surface area contributed by atoms with Crippen LogP contribution in [0.3, 0.4) is 0 Å². The zero-order valence-electron chi connectivity index (χ0n) is 11.6. The molecular weight excluding hydrogens is 212 g/mol. The third kappa shape index (κ3) is 4.75. The van der Waals surface area contributed by atoms with E-state index >= 15 is 0 Å². The molecule has 0 amide bonds. The maximum Gasteiger partial charge on any atom is 0.123 e. The number of benzene rings is 1. The van der Waals surface area contributed by atoms with Gasteiger partial charge in [0, 0.05) is 24.7 Å². The molecule has 0 saturated carbocycles. The molecule has 0 fully saturated rings. The average Bonchev–Trinajstić information content (AvgIpc) is 2.26. The van der Waals surface area contributed by atoms with Gasteiger partial charge in [0.2, 0.25) is 0 Å². The summed E-state index contributed by atoms with van der Waals surface area (Å²) >= 11 is 0. The van der Waals surface area contributed by atoms with E-state index < -0.39 is 0 Å². The molecule has 3 heteroatoms. The largest absolute Gasteiger partial charge is 0.496 e. The van der Waals surface area contributed by atoms with Crippen molar-refractivity contribution >= 4 is 0 Å². The summed E-state index contributed by atoms with van der Waals surface area (Å²) in [6.07, 6.45) is 0. The van der Waals surface area contributed by atoms with Crippen LogP contribution >= 0.6 is 0 Å². The van der Waals surface area contributed by atoms with Crippen molar-refractivity contribution in [1.29, 1.82) is 0 Å². The topological polar surface area (TPSA) is 24.5 Å². The molecule has 0 aliphatic heterocycles. The monoisotopic (exact) mass is 236 g/mol. The Morgan fingerprint density at radius 1 is 1.29 bits per heavy atom.